The van der Waals surface area contributed by atoms with E-state index in [2.05, 4.69) is 20.3 Å². The van der Waals surface area contributed by atoms with E-state index in [1.807, 2.05) is 30.3 Å². The molecule has 0 atom stereocenters. The van der Waals surface area contributed by atoms with Gasteiger partial charge in [-0.05, 0) is 30.7 Å². The van der Waals surface area contributed by atoms with Gasteiger partial charge >= 0.3 is 6.03 Å². The van der Waals surface area contributed by atoms with E-state index >= 15 is 0 Å². The molecule has 3 heterocycles. The highest BCUT2D eigenvalue weighted by atomic mass is 35.5. The number of benzene rings is 1. The zero-order chi connectivity index (χ0) is 18.6. The molecule has 0 saturated carbocycles. The van der Waals surface area contributed by atoms with Crippen LogP contribution in [0.15, 0.2) is 55.1 Å². The molecular formula is C19H16ClN5O2. The first-order chi connectivity index (χ1) is 13.2. The van der Waals surface area contributed by atoms with Crippen molar-refractivity contribution in [1.29, 1.82) is 0 Å². The van der Waals surface area contributed by atoms with Gasteiger partial charge in [0.05, 0.1) is 30.4 Å². The van der Waals surface area contributed by atoms with Crippen molar-refractivity contribution >= 4 is 29.1 Å². The standard InChI is InChI=1S/C19H16ClN5O2/c20-14-4-1-3-13(9-14)16-5-6-17-18(24-16)25(7-2-8-27-17)19(26)23-15-10-21-12-22-11-15/h1,3-6,9-12H,2,7-8H2,(H,23,26). The predicted molar refractivity (Wildman–Crippen MR) is 103 cm³/mol. The molecule has 0 spiro atoms. The van der Waals surface area contributed by atoms with E-state index in [1.54, 1.807) is 11.0 Å². The minimum absolute atomic E-state index is 0.313. The summed E-state index contributed by atoms with van der Waals surface area (Å²) in [6, 6.07) is 10.8. The van der Waals surface area contributed by atoms with Gasteiger partial charge in [-0.1, -0.05) is 23.7 Å². The number of nitrogens with zero attached hydrogens (tertiary/aromatic N) is 4. The first kappa shape index (κ1) is 17.2. The number of rotatable bonds is 2. The van der Waals surface area contributed by atoms with Gasteiger partial charge in [-0.25, -0.2) is 19.7 Å². The van der Waals surface area contributed by atoms with Gasteiger partial charge in [-0.2, -0.15) is 0 Å². The quantitative estimate of drug-likeness (QED) is 0.725. The van der Waals surface area contributed by atoms with Gasteiger partial charge < -0.3 is 10.1 Å². The van der Waals surface area contributed by atoms with Crippen molar-refractivity contribution in [2.24, 2.45) is 0 Å². The third-order valence-electron chi connectivity index (χ3n) is 4.06. The van der Waals surface area contributed by atoms with Crippen molar-refractivity contribution in [2.45, 2.75) is 6.42 Å². The number of halogens is 1. The molecular weight excluding hydrogens is 366 g/mol. The molecule has 0 bridgehead atoms. The lowest BCUT2D eigenvalue weighted by atomic mass is 10.1. The molecule has 1 N–H and O–H groups in total. The fraction of sp³-hybridized carbons (Fsp3) is 0.158. The molecule has 7 nitrogen and oxygen atoms in total. The van der Waals surface area contributed by atoms with Crippen molar-refractivity contribution in [1.82, 2.24) is 15.0 Å². The fourth-order valence-corrected chi connectivity index (χ4v) is 3.00. The highest BCUT2D eigenvalue weighted by Gasteiger charge is 2.24. The van der Waals surface area contributed by atoms with E-state index in [-0.39, 0.29) is 6.03 Å². The van der Waals surface area contributed by atoms with Crippen LogP contribution in [0.3, 0.4) is 0 Å². The van der Waals surface area contributed by atoms with Gasteiger partial charge in [0.2, 0.25) is 0 Å². The number of fused-ring (bicyclic) bond motifs is 1. The van der Waals surface area contributed by atoms with E-state index in [1.165, 1.54) is 18.7 Å². The second-order valence-corrected chi connectivity index (χ2v) is 6.38. The molecule has 0 saturated heterocycles. The summed E-state index contributed by atoms with van der Waals surface area (Å²) in [5.41, 5.74) is 2.09. The van der Waals surface area contributed by atoms with Crippen LogP contribution in [0.25, 0.3) is 11.3 Å². The maximum absolute atomic E-state index is 12.8. The zero-order valence-corrected chi connectivity index (χ0v) is 15.1. The molecule has 2 amide bonds. The van der Waals surface area contributed by atoms with Gasteiger partial charge in [0, 0.05) is 17.1 Å². The normalized spacial score (nSPS) is 13.3. The lowest BCUT2D eigenvalue weighted by Crippen LogP contribution is -2.36. The van der Waals surface area contributed by atoms with Gasteiger partial charge in [0.15, 0.2) is 11.6 Å². The highest BCUT2D eigenvalue weighted by molar-refractivity contribution is 6.30. The maximum atomic E-state index is 12.8. The monoisotopic (exact) mass is 381 g/mol. The Labute approximate surface area is 161 Å². The Balaban J connectivity index is 1.69. The van der Waals surface area contributed by atoms with Crippen LogP contribution < -0.4 is 15.0 Å². The number of ether oxygens (including phenoxy) is 1. The molecule has 0 radical (unpaired) electrons. The van der Waals surface area contributed by atoms with Crippen LogP contribution in [0, 0.1) is 0 Å². The highest BCUT2D eigenvalue weighted by Crippen LogP contribution is 2.33. The largest absolute Gasteiger partial charge is 0.490 e. The third-order valence-corrected chi connectivity index (χ3v) is 4.29. The summed E-state index contributed by atoms with van der Waals surface area (Å²) >= 11 is 6.09. The number of urea groups is 1. The molecule has 0 unspecified atom stereocenters. The molecule has 8 heteroatoms. The van der Waals surface area contributed by atoms with Crippen LogP contribution in [0.1, 0.15) is 6.42 Å². The first-order valence-corrected chi connectivity index (χ1v) is 8.82. The molecule has 0 aliphatic carbocycles. The summed E-state index contributed by atoms with van der Waals surface area (Å²) < 4.78 is 5.76. The smallest absolute Gasteiger partial charge is 0.327 e. The Bertz CT molecular complexity index is 967. The van der Waals surface area contributed by atoms with Crippen molar-refractivity contribution in [3.63, 3.8) is 0 Å². The average molecular weight is 382 g/mol. The molecule has 0 fully saturated rings. The Morgan fingerprint density at radius 1 is 1.19 bits per heavy atom. The SMILES string of the molecule is O=C(Nc1cncnc1)N1CCCOc2ccc(-c3cccc(Cl)c3)nc21. The minimum atomic E-state index is -0.313. The molecule has 3 aromatic rings. The molecule has 27 heavy (non-hydrogen) atoms. The number of carbonyl (C=O) groups excluding carboxylic acids is 1. The summed E-state index contributed by atoms with van der Waals surface area (Å²) in [4.78, 5) is 26.9. The van der Waals surface area contributed by atoms with Crippen LogP contribution >= 0.6 is 11.6 Å². The van der Waals surface area contributed by atoms with Crippen molar-refractivity contribution in [3.05, 3.63) is 60.1 Å². The Kier molecular flexibility index (Phi) is 4.84. The minimum Gasteiger partial charge on any atom is -0.490 e. The van der Waals surface area contributed by atoms with Gasteiger partial charge in [0.1, 0.15) is 6.33 Å². The zero-order valence-electron chi connectivity index (χ0n) is 14.3. The number of nitrogens with one attached hydrogen (secondary N) is 1. The number of carbonyl (C=O) groups is 1. The summed E-state index contributed by atoms with van der Waals surface area (Å²) in [5.74, 6) is 1.04. The lowest BCUT2D eigenvalue weighted by molar-refractivity contribution is 0.256. The van der Waals surface area contributed by atoms with Crippen LogP contribution in [-0.2, 0) is 0 Å². The van der Waals surface area contributed by atoms with Crippen LogP contribution in [0.4, 0.5) is 16.3 Å². The number of hydrogen-bond acceptors (Lipinski definition) is 5. The average Bonchev–Trinajstić information content (AvgIpc) is 2.90. The Morgan fingerprint density at radius 3 is 2.85 bits per heavy atom. The van der Waals surface area contributed by atoms with E-state index in [0.717, 1.165) is 5.56 Å². The van der Waals surface area contributed by atoms with Crippen molar-refractivity contribution < 1.29 is 9.53 Å². The maximum Gasteiger partial charge on any atom is 0.327 e. The third kappa shape index (κ3) is 3.83. The molecule has 2 aromatic heterocycles. The molecule has 136 valence electrons. The van der Waals surface area contributed by atoms with E-state index < -0.39 is 0 Å². The van der Waals surface area contributed by atoms with Gasteiger partial charge in [-0.3, -0.25) is 4.90 Å². The lowest BCUT2D eigenvalue weighted by Gasteiger charge is -2.21. The molecule has 1 aliphatic heterocycles. The number of amides is 2. The summed E-state index contributed by atoms with van der Waals surface area (Å²) in [7, 11) is 0. The van der Waals surface area contributed by atoms with Gasteiger partial charge in [-0.15, -0.1) is 0 Å². The van der Waals surface area contributed by atoms with Crippen molar-refractivity contribution in [3.8, 4) is 17.0 Å². The van der Waals surface area contributed by atoms with E-state index in [4.69, 9.17) is 16.3 Å². The van der Waals surface area contributed by atoms with Gasteiger partial charge in [0.25, 0.3) is 0 Å². The Morgan fingerprint density at radius 2 is 2.04 bits per heavy atom. The fourth-order valence-electron chi connectivity index (χ4n) is 2.81. The predicted octanol–water partition coefficient (Wildman–Crippen LogP) is 4.01. The van der Waals surface area contributed by atoms with Crippen LogP contribution in [0.5, 0.6) is 5.75 Å². The van der Waals surface area contributed by atoms with Crippen molar-refractivity contribution in [2.75, 3.05) is 23.4 Å². The number of hydrogen-bond donors (Lipinski definition) is 1. The number of pyridine rings is 1. The van der Waals surface area contributed by atoms with Crippen LogP contribution in [0.2, 0.25) is 5.02 Å². The summed E-state index contributed by atoms with van der Waals surface area (Å²) in [5, 5.41) is 3.42. The second kappa shape index (κ2) is 7.59. The van der Waals surface area contributed by atoms with Crippen LogP contribution in [-0.4, -0.2) is 34.1 Å². The number of aromatic nitrogens is 3. The molecule has 4 rings (SSSR count). The molecule has 1 aromatic carbocycles. The van der Waals surface area contributed by atoms with E-state index in [9.17, 15) is 4.79 Å². The molecule has 1 aliphatic rings. The topological polar surface area (TPSA) is 80.2 Å². The number of anilines is 2. The Hall–Kier alpha value is -3.19. The van der Waals surface area contributed by atoms with E-state index in [0.29, 0.717) is 47.5 Å². The summed E-state index contributed by atoms with van der Waals surface area (Å²) in [6.45, 7) is 1.00. The first-order valence-electron chi connectivity index (χ1n) is 8.44. The second-order valence-electron chi connectivity index (χ2n) is 5.94. The summed E-state index contributed by atoms with van der Waals surface area (Å²) in [6.07, 6.45) is 5.18.